The quantitative estimate of drug-likeness (QED) is 0.290. The van der Waals surface area contributed by atoms with Gasteiger partial charge in [0, 0.05) is 11.1 Å². The van der Waals surface area contributed by atoms with Crippen LogP contribution in [0.3, 0.4) is 0 Å². The maximum atomic E-state index is 6.88. The molecule has 1 unspecified atom stereocenters. The summed E-state index contributed by atoms with van der Waals surface area (Å²) in [6.07, 6.45) is 22.4. The number of allylic oxidation sites excluding steroid dienone is 2. The molecule has 4 N–H and O–H groups in total. The van der Waals surface area contributed by atoms with E-state index in [1.807, 2.05) is 6.08 Å². The van der Waals surface area contributed by atoms with E-state index in [-0.39, 0.29) is 11.5 Å². The summed E-state index contributed by atoms with van der Waals surface area (Å²) >= 11 is 0. The van der Waals surface area contributed by atoms with Gasteiger partial charge in [-0.15, -0.1) is 0 Å². The smallest absolute Gasteiger partial charge is 0.0540 e. The Hall–Kier alpha value is -1.54. The van der Waals surface area contributed by atoms with Gasteiger partial charge in [-0.3, -0.25) is 0 Å². The van der Waals surface area contributed by atoms with Crippen LogP contribution < -0.4 is 11.5 Å². The topological polar surface area (TPSA) is 52.0 Å². The van der Waals surface area contributed by atoms with Crippen molar-refractivity contribution in [1.82, 2.24) is 0 Å². The van der Waals surface area contributed by atoms with Crippen molar-refractivity contribution in [2.24, 2.45) is 16.9 Å². The Morgan fingerprint density at radius 2 is 1.20 bits per heavy atom. The van der Waals surface area contributed by atoms with Crippen LogP contribution in [-0.2, 0) is 0 Å². The maximum absolute atomic E-state index is 6.88. The highest BCUT2D eigenvalue weighted by molar-refractivity contribution is 5.74. The van der Waals surface area contributed by atoms with Gasteiger partial charge in [0.2, 0.25) is 0 Å². The van der Waals surface area contributed by atoms with Crippen LogP contribution in [0.1, 0.15) is 109 Å². The summed E-state index contributed by atoms with van der Waals surface area (Å²) in [6.45, 7) is 4.56. The van der Waals surface area contributed by atoms with Gasteiger partial charge in [-0.1, -0.05) is 127 Å². The van der Waals surface area contributed by atoms with Crippen molar-refractivity contribution < 1.29 is 0 Å². The summed E-state index contributed by atoms with van der Waals surface area (Å²) < 4.78 is 0. The molecule has 30 heavy (non-hydrogen) atoms. The lowest BCUT2D eigenvalue weighted by molar-refractivity contribution is 0.269. The Morgan fingerprint density at radius 3 is 1.73 bits per heavy atom. The summed E-state index contributed by atoms with van der Waals surface area (Å²) in [7, 11) is 0. The fraction of sp³-hybridized carbons (Fsp3) is 0.643. The lowest BCUT2D eigenvalue weighted by atomic mass is 9.63. The van der Waals surface area contributed by atoms with Crippen molar-refractivity contribution in [1.29, 1.82) is 0 Å². The number of nitrogens with two attached hydrogens (primary N) is 2. The molecule has 0 saturated carbocycles. The SMILES string of the molecule is CCCCCCCCC1(CCCCCCCC)C(c2ccccc2)=CC=C(N)C1N. The molecule has 0 heterocycles. The van der Waals surface area contributed by atoms with Crippen molar-refractivity contribution in [3.8, 4) is 0 Å². The van der Waals surface area contributed by atoms with Crippen LogP contribution in [0.25, 0.3) is 5.57 Å². The third kappa shape index (κ3) is 7.01. The molecular weight excluding hydrogens is 364 g/mol. The van der Waals surface area contributed by atoms with Gasteiger partial charge in [0.25, 0.3) is 0 Å². The van der Waals surface area contributed by atoms with E-state index in [2.05, 4.69) is 50.3 Å². The molecule has 1 aromatic carbocycles. The Balaban J connectivity index is 2.15. The minimum absolute atomic E-state index is 0.0320. The van der Waals surface area contributed by atoms with Crippen LogP contribution in [0.5, 0.6) is 0 Å². The van der Waals surface area contributed by atoms with E-state index >= 15 is 0 Å². The van der Waals surface area contributed by atoms with Crippen molar-refractivity contribution in [3.05, 3.63) is 53.7 Å². The molecule has 0 aliphatic heterocycles. The molecule has 168 valence electrons. The molecule has 1 aromatic rings. The van der Waals surface area contributed by atoms with Crippen LogP contribution in [0.2, 0.25) is 0 Å². The van der Waals surface area contributed by atoms with Crippen molar-refractivity contribution >= 4 is 5.57 Å². The summed E-state index contributed by atoms with van der Waals surface area (Å²) in [5.74, 6) is 0. The highest BCUT2D eigenvalue weighted by Gasteiger charge is 2.42. The van der Waals surface area contributed by atoms with Crippen LogP contribution in [0.15, 0.2) is 48.2 Å². The zero-order valence-corrected chi connectivity index (χ0v) is 19.7. The van der Waals surface area contributed by atoms with E-state index in [0.29, 0.717) is 0 Å². The van der Waals surface area contributed by atoms with Crippen molar-refractivity contribution in [3.63, 3.8) is 0 Å². The van der Waals surface area contributed by atoms with Crippen LogP contribution in [0.4, 0.5) is 0 Å². The van der Waals surface area contributed by atoms with Crippen LogP contribution >= 0.6 is 0 Å². The first-order valence-electron chi connectivity index (χ1n) is 12.6. The molecule has 2 nitrogen and oxygen atoms in total. The molecule has 0 bridgehead atoms. The van der Waals surface area contributed by atoms with Crippen molar-refractivity contribution in [2.45, 2.75) is 110 Å². The summed E-state index contributed by atoms with van der Waals surface area (Å²) in [6, 6.07) is 10.8. The van der Waals surface area contributed by atoms with Gasteiger partial charge >= 0.3 is 0 Å². The van der Waals surface area contributed by atoms with Gasteiger partial charge in [-0.2, -0.15) is 0 Å². The highest BCUT2D eigenvalue weighted by Crippen LogP contribution is 2.49. The Kier molecular flexibility index (Phi) is 11.3. The van der Waals surface area contributed by atoms with Crippen LogP contribution in [-0.4, -0.2) is 6.04 Å². The fourth-order valence-corrected chi connectivity index (χ4v) is 5.08. The maximum Gasteiger partial charge on any atom is 0.0540 e. The Labute approximate surface area is 186 Å². The van der Waals surface area contributed by atoms with E-state index in [1.54, 1.807) is 0 Å². The van der Waals surface area contributed by atoms with E-state index in [9.17, 15) is 0 Å². The van der Waals surface area contributed by atoms with Gasteiger partial charge in [0.1, 0.15) is 0 Å². The zero-order valence-electron chi connectivity index (χ0n) is 19.7. The number of unbranched alkanes of at least 4 members (excludes halogenated alkanes) is 10. The first kappa shape index (κ1) is 24.7. The molecule has 0 spiro atoms. The Bertz CT molecular complexity index is 628. The Morgan fingerprint density at radius 1 is 0.700 bits per heavy atom. The first-order valence-corrected chi connectivity index (χ1v) is 12.6. The monoisotopic (exact) mass is 410 g/mol. The number of rotatable bonds is 15. The number of benzene rings is 1. The second kappa shape index (κ2) is 13.7. The molecule has 0 fully saturated rings. The predicted octanol–water partition coefficient (Wildman–Crippen LogP) is 7.74. The lowest BCUT2D eigenvalue weighted by Crippen LogP contribution is -2.47. The molecule has 1 atom stereocenters. The normalized spacial score (nSPS) is 18.2. The first-order chi connectivity index (χ1) is 14.7. The van der Waals surface area contributed by atoms with E-state index in [0.717, 1.165) is 18.5 Å². The molecular formula is C28H46N2. The van der Waals surface area contributed by atoms with Gasteiger partial charge in [-0.25, -0.2) is 0 Å². The average Bonchev–Trinajstić information content (AvgIpc) is 2.77. The molecule has 0 amide bonds. The van der Waals surface area contributed by atoms with Crippen LogP contribution in [0, 0.1) is 5.41 Å². The molecule has 1 aliphatic rings. The predicted molar refractivity (Wildman–Crippen MR) is 133 cm³/mol. The van der Waals surface area contributed by atoms with E-state index in [4.69, 9.17) is 11.5 Å². The largest absolute Gasteiger partial charge is 0.401 e. The second-order valence-electron chi connectivity index (χ2n) is 9.28. The van der Waals surface area contributed by atoms with E-state index in [1.165, 1.54) is 88.2 Å². The summed E-state index contributed by atoms with van der Waals surface area (Å²) in [5, 5.41) is 0. The zero-order chi connectivity index (χ0) is 21.7. The van der Waals surface area contributed by atoms with Crippen molar-refractivity contribution in [2.75, 3.05) is 0 Å². The number of hydrogen-bond donors (Lipinski definition) is 2. The lowest BCUT2D eigenvalue weighted by Gasteiger charge is -2.44. The summed E-state index contributed by atoms with van der Waals surface area (Å²) in [4.78, 5) is 0. The minimum atomic E-state index is -0.0796. The molecule has 0 radical (unpaired) electrons. The van der Waals surface area contributed by atoms with Gasteiger partial charge < -0.3 is 11.5 Å². The number of hydrogen-bond acceptors (Lipinski definition) is 2. The standard InChI is InChI=1S/C28H46N2/c1-3-5-7-9-11-16-22-28(23-17-12-10-8-6-4-2)25(20-21-26(29)27(28)30)24-18-14-13-15-19-24/h13-15,18-21,27H,3-12,16-17,22-23,29-30H2,1-2H3. The summed E-state index contributed by atoms with van der Waals surface area (Å²) in [5.41, 5.74) is 16.8. The third-order valence-corrected chi connectivity index (χ3v) is 6.97. The highest BCUT2D eigenvalue weighted by atomic mass is 14.8. The van der Waals surface area contributed by atoms with Gasteiger partial charge in [0.05, 0.1) is 6.04 Å². The average molecular weight is 411 g/mol. The van der Waals surface area contributed by atoms with Gasteiger partial charge in [0.15, 0.2) is 0 Å². The molecule has 2 rings (SSSR count). The molecule has 0 aromatic heterocycles. The second-order valence-corrected chi connectivity index (χ2v) is 9.28. The molecule has 0 saturated heterocycles. The third-order valence-electron chi connectivity index (χ3n) is 6.97. The fourth-order valence-electron chi connectivity index (χ4n) is 5.08. The molecule has 1 aliphatic carbocycles. The van der Waals surface area contributed by atoms with E-state index < -0.39 is 0 Å². The van der Waals surface area contributed by atoms with Gasteiger partial charge in [-0.05, 0) is 30.1 Å². The minimum Gasteiger partial charge on any atom is -0.401 e. The molecule has 2 heteroatoms.